The molecule has 0 amide bonds. The van der Waals surface area contributed by atoms with E-state index in [2.05, 4.69) is 12.1 Å². The first kappa shape index (κ1) is 15.5. The molecule has 0 radical (unpaired) electrons. The first-order valence-electron chi connectivity index (χ1n) is 8.20. The average Bonchev–Trinajstić information content (AvgIpc) is 2.99. The molecule has 1 N–H and O–H groups in total. The second-order valence-corrected chi connectivity index (χ2v) is 6.53. The van der Waals surface area contributed by atoms with Gasteiger partial charge in [0, 0.05) is 12.8 Å². The van der Waals surface area contributed by atoms with E-state index in [0.29, 0.717) is 38.9 Å². The van der Waals surface area contributed by atoms with Crippen LogP contribution in [-0.2, 0) is 20.7 Å². The molecule has 4 heteroatoms. The van der Waals surface area contributed by atoms with Gasteiger partial charge in [0.2, 0.25) is 0 Å². The Kier molecular flexibility index (Phi) is 4.50. The zero-order chi connectivity index (χ0) is 15.5. The molecule has 4 nitrogen and oxygen atoms in total. The molecule has 1 saturated heterocycles. The van der Waals surface area contributed by atoms with Gasteiger partial charge in [-0.2, -0.15) is 0 Å². The van der Waals surface area contributed by atoms with E-state index in [4.69, 9.17) is 9.47 Å². The summed E-state index contributed by atoms with van der Waals surface area (Å²) >= 11 is 0. The van der Waals surface area contributed by atoms with Crippen LogP contribution in [0.1, 0.15) is 44.1 Å². The van der Waals surface area contributed by atoms with E-state index in [1.807, 2.05) is 18.2 Å². The molecule has 2 fully saturated rings. The second kappa shape index (κ2) is 6.39. The summed E-state index contributed by atoms with van der Waals surface area (Å²) in [6.45, 7) is 1.27. The summed E-state index contributed by atoms with van der Waals surface area (Å²) in [5, 5.41) is 9.74. The molecule has 0 bridgehead atoms. The standard InChI is InChI=1S/C18H24O4/c19-16(20)17(8-4-7-15-5-2-1-3-6-15)9-11-18(12-10-17)21-13-14-22-18/h1-3,5-6H,4,7-14H2,(H,19,20). The predicted molar refractivity (Wildman–Crippen MR) is 82.6 cm³/mol. The molecule has 1 spiro atoms. The van der Waals surface area contributed by atoms with E-state index in [9.17, 15) is 9.90 Å². The number of carboxylic acids is 1. The number of aryl methyl sites for hydroxylation is 1. The minimum Gasteiger partial charge on any atom is -0.481 e. The first-order chi connectivity index (χ1) is 10.6. The number of carboxylic acid groups (broad SMARTS) is 1. The predicted octanol–water partition coefficient (Wildman–Crippen LogP) is 3.40. The number of hydrogen-bond acceptors (Lipinski definition) is 3. The van der Waals surface area contributed by atoms with Crippen LogP contribution in [0.15, 0.2) is 30.3 Å². The van der Waals surface area contributed by atoms with Gasteiger partial charge in [-0.25, -0.2) is 0 Å². The third-order valence-corrected chi connectivity index (χ3v) is 5.20. The van der Waals surface area contributed by atoms with E-state index in [1.165, 1.54) is 5.56 Å². The van der Waals surface area contributed by atoms with Crippen LogP contribution < -0.4 is 0 Å². The van der Waals surface area contributed by atoms with Gasteiger partial charge in [0.15, 0.2) is 5.79 Å². The molecule has 0 unspecified atom stereocenters. The lowest BCUT2D eigenvalue weighted by molar-refractivity contribution is -0.198. The molecule has 0 atom stereocenters. The highest BCUT2D eigenvalue weighted by Crippen LogP contribution is 2.47. The van der Waals surface area contributed by atoms with Gasteiger partial charge < -0.3 is 14.6 Å². The summed E-state index contributed by atoms with van der Waals surface area (Å²) in [6.07, 6.45) is 5.27. The van der Waals surface area contributed by atoms with Crippen molar-refractivity contribution in [2.24, 2.45) is 5.41 Å². The summed E-state index contributed by atoms with van der Waals surface area (Å²) in [5.41, 5.74) is 0.674. The fourth-order valence-electron chi connectivity index (χ4n) is 3.74. The summed E-state index contributed by atoms with van der Waals surface area (Å²) < 4.78 is 11.4. The van der Waals surface area contributed by atoms with Crippen LogP contribution in [0.5, 0.6) is 0 Å². The van der Waals surface area contributed by atoms with Crippen LogP contribution in [0, 0.1) is 5.41 Å². The SMILES string of the molecule is O=C(O)C1(CCCc2ccccc2)CCC2(CC1)OCCO2. The minimum atomic E-state index is -0.659. The third-order valence-electron chi connectivity index (χ3n) is 5.20. The number of ether oxygens (including phenoxy) is 2. The van der Waals surface area contributed by atoms with Crippen molar-refractivity contribution in [2.75, 3.05) is 13.2 Å². The Morgan fingerprint density at radius 1 is 1.05 bits per heavy atom. The average molecular weight is 304 g/mol. The van der Waals surface area contributed by atoms with Gasteiger partial charge in [-0.05, 0) is 37.7 Å². The van der Waals surface area contributed by atoms with Crippen LogP contribution in [0.25, 0.3) is 0 Å². The smallest absolute Gasteiger partial charge is 0.309 e. The van der Waals surface area contributed by atoms with E-state index >= 15 is 0 Å². The highest BCUT2D eigenvalue weighted by molar-refractivity contribution is 5.74. The zero-order valence-corrected chi connectivity index (χ0v) is 12.9. The van der Waals surface area contributed by atoms with E-state index < -0.39 is 17.2 Å². The molecule has 1 aliphatic heterocycles. The normalized spacial score (nSPS) is 22.7. The van der Waals surface area contributed by atoms with Crippen molar-refractivity contribution in [1.82, 2.24) is 0 Å². The minimum absolute atomic E-state index is 0.488. The van der Waals surface area contributed by atoms with E-state index in [0.717, 1.165) is 19.3 Å². The molecule has 120 valence electrons. The largest absolute Gasteiger partial charge is 0.481 e. The molecule has 1 heterocycles. The Morgan fingerprint density at radius 3 is 2.27 bits per heavy atom. The second-order valence-electron chi connectivity index (χ2n) is 6.53. The molecule has 2 aliphatic rings. The maximum absolute atomic E-state index is 11.8. The monoisotopic (exact) mass is 304 g/mol. The number of benzene rings is 1. The number of rotatable bonds is 5. The van der Waals surface area contributed by atoms with Gasteiger partial charge in [-0.15, -0.1) is 0 Å². The molecular weight excluding hydrogens is 280 g/mol. The maximum Gasteiger partial charge on any atom is 0.309 e. The van der Waals surface area contributed by atoms with Gasteiger partial charge in [0.1, 0.15) is 0 Å². The van der Waals surface area contributed by atoms with Crippen molar-refractivity contribution in [3.05, 3.63) is 35.9 Å². The number of aliphatic carboxylic acids is 1. The summed E-state index contributed by atoms with van der Waals surface area (Å²) in [4.78, 5) is 11.8. The lowest BCUT2D eigenvalue weighted by Crippen LogP contribution is -2.43. The van der Waals surface area contributed by atoms with Crippen LogP contribution >= 0.6 is 0 Å². The lowest BCUT2D eigenvalue weighted by atomic mass is 9.69. The highest BCUT2D eigenvalue weighted by atomic mass is 16.7. The van der Waals surface area contributed by atoms with Crippen molar-refractivity contribution in [3.63, 3.8) is 0 Å². The van der Waals surface area contributed by atoms with Crippen molar-refractivity contribution in [3.8, 4) is 0 Å². The topological polar surface area (TPSA) is 55.8 Å². The Bertz CT molecular complexity index is 495. The summed E-state index contributed by atoms with van der Waals surface area (Å²) in [6, 6.07) is 10.3. The van der Waals surface area contributed by atoms with E-state index in [1.54, 1.807) is 0 Å². The summed E-state index contributed by atoms with van der Waals surface area (Å²) in [7, 11) is 0. The Morgan fingerprint density at radius 2 is 1.68 bits per heavy atom. The molecule has 3 rings (SSSR count). The molecule has 22 heavy (non-hydrogen) atoms. The summed E-state index contributed by atoms with van der Waals surface area (Å²) in [5.74, 6) is -1.15. The van der Waals surface area contributed by atoms with Crippen molar-refractivity contribution in [1.29, 1.82) is 0 Å². The maximum atomic E-state index is 11.8. The highest BCUT2D eigenvalue weighted by Gasteiger charge is 2.49. The lowest BCUT2D eigenvalue weighted by Gasteiger charge is -2.41. The Balaban J connectivity index is 1.57. The van der Waals surface area contributed by atoms with E-state index in [-0.39, 0.29) is 0 Å². The van der Waals surface area contributed by atoms with Crippen LogP contribution in [0.2, 0.25) is 0 Å². The van der Waals surface area contributed by atoms with Crippen LogP contribution in [0.3, 0.4) is 0 Å². The Hall–Kier alpha value is -1.39. The van der Waals surface area contributed by atoms with Crippen molar-refractivity contribution >= 4 is 5.97 Å². The molecule has 0 aromatic heterocycles. The third kappa shape index (κ3) is 3.18. The quantitative estimate of drug-likeness (QED) is 0.906. The van der Waals surface area contributed by atoms with Gasteiger partial charge >= 0.3 is 5.97 Å². The van der Waals surface area contributed by atoms with Gasteiger partial charge in [0.25, 0.3) is 0 Å². The van der Waals surface area contributed by atoms with Gasteiger partial charge in [-0.3, -0.25) is 4.79 Å². The van der Waals surface area contributed by atoms with Crippen molar-refractivity contribution in [2.45, 2.75) is 50.7 Å². The van der Waals surface area contributed by atoms with Gasteiger partial charge in [-0.1, -0.05) is 30.3 Å². The van der Waals surface area contributed by atoms with Gasteiger partial charge in [0.05, 0.1) is 18.6 Å². The van der Waals surface area contributed by atoms with Crippen LogP contribution in [-0.4, -0.2) is 30.1 Å². The molecular formula is C18H24O4. The first-order valence-corrected chi connectivity index (χ1v) is 8.20. The fourth-order valence-corrected chi connectivity index (χ4v) is 3.74. The zero-order valence-electron chi connectivity index (χ0n) is 12.9. The van der Waals surface area contributed by atoms with Crippen LogP contribution in [0.4, 0.5) is 0 Å². The molecule has 1 aromatic carbocycles. The van der Waals surface area contributed by atoms with Crippen molar-refractivity contribution < 1.29 is 19.4 Å². The molecule has 1 aromatic rings. The molecule has 1 saturated carbocycles. The number of carbonyl (C=O) groups is 1. The molecule has 1 aliphatic carbocycles. The number of hydrogen-bond donors (Lipinski definition) is 1. The Labute approximate surface area is 131 Å². The fraction of sp³-hybridized carbons (Fsp3) is 0.611.